The van der Waals surface area contributed by atoms with Crippen LogP contribution >= 0.6 is 11.6 Å². The first-order valence-electron chi connectivity index (χ1n) is 5.31. The Labute approximate surface area is 105 Å². The molecular weight excluding hydrogens is 236 g/mol. The van der Waals surface area contributed by atoms with Gasteiger partial charge in [-0.1, -0.05) is 17.7 Å². The normalized spacial score (nSPS) is 10.5. The van der Waals surface area contributed by atoms with Gasteiger partial charge in [0.25, 0.3) is 0 Å². The summed E-state index contributed by atoms with van der Waals surface area (Å²) in [5, 5.41) is 1.68. The topological polar surface area (TPSA) is 33.2 Å². The number of pyridine rings is 1. The summed E-state index contributed by atoms with van der Waals surface area (Å²) < 4.78 is 0. The smallest absolute Gasteiger partial charge is 0.228 e. The Morgan fingerprint density at radius 1 is 1.29 bits per heavy atom. The molecule has 1 heterocycles. The highest BCUT2D eigenvalue weighted by Crippen LogP contribution is 2.18. The Morgan fingerprint density at radius 2 is 2.06 bits per heavy atom. The average Bonchev–Trinajstić information content (AvgIpc) is 2.29. The molecule has 2 rings (SSSR count). The van der Waals surface area contributed by atoms with Gasteiger partial charge in [0.1, 0.15) is 0 Å². The second-order valence-electron chi connectivity index (χ2n) is 4.10. The third-order valence-electron chi connectivity index (χ3n) is 2.54. The van der Waals surface area contributed by atoms with Gasteiger partial charge in [0.2, 0.25) is 5.91 Å². The number of carbonyl (C=O) groups excluding carboxylic acids is 1. The Hall–Kier alpha value is -1.61. The summed E-state index contributed by atoms with van der Waals surface area (Å²) >= 11 is 5.90. The zero-order valence-electron chi connectivity index (χ0n) is 9.77. The number of hydrogen-bond acceptors (Lipinski definition) is 2. The van der Waals surface area contributed by atoms with Crippen LogP contribution in [0.3, 0.4) is 0 Å². The van der Waals surface area contributed by atoms with Gasteiger partial charge in [0, 0.05) is 24.5 Å². The minimum absolute atomic E-state index is 0.0470. The van der Waals surface area contributed by atoms with Crippen molar-refractivity contribution in [3.63, 3.8) is 0 Å². The number of benzene rings is 1. The van der Waals surface area contributed by atoms with E-state index in [1.165, 1.54) is 0 Å². The standard InChI is InChI=1S/C13H13ClN2O/c1-16(2)13(17)8-11-5-3-9-7-10(14)4-6-12(9)15-11/h3-7H,8H2,1-2H3. The number of likely N-dealkylation sites (N-methyl/N-ethyl adjacent to an activating group) is 1. The van der Waals surface area contributed by atoms with Crippen molar-refractivity contribution in [2.75, 3.05) is 14.1 Å². The van der Waals surface area contributed by atoms with Crippen molar-refractivity contribution in [2.45, 2.75) is 6.42 Å². The van der Waals surface area contributed by atoms with Crippen LogP contribution in [-0.2, 0) is 11.2 Å². The summed E-state index contributed by atoms with van der Waals surface area (Å²) in [5.74, 6) is 0.0470. The minimum Gasteiger partial charge on any atom is -0.348 e. The number of carbonyl (C=O) groups is 1. The van der Waals surface area contributed by atoms with Crippen LogP contribution in [0.25, 0.3) is 10.9 Å². The third kappa shape index (κ3) is 2.74. The van der Waals surface area contributed by atoms with Crippen LogP contribution in [0.2, 0.25) is 5.02 Å². The van der Waals surface area contributed by atoms with E-state index in [4.69, 9.17) is 11.6 Å². The van der Waals surface area contributed by atoms with Crippen LogP contribution in [0.4, 0.5) is 0 Å². The van der Waals surface area contributed by atoms with E-state index >= 15 is 0 Å². The monoisotopic (exact) mass is 248 g/mol. The van der Waals surface area contributed by atoms with E-state index in [0.29, 0.717) is 11.4 Å². The molecule has 0 unspecified atom stereocenters. The van der Waals surface area contributed by atoms with Gasteiger partial charge in [0.05, 0.1) is 17.6 Å². The predicted octanol–water partition coefficient (Wildman–Crippen LogP) is 2.52. The maximum absolute atomic E-state index is 11.6. The van der Waals surface area contributed by atoms with E-state index in [2.05, 4.69) is 4.98 Å². The van der Waals surface area contributed by atoms with Crippen molar-refractivity contribution in [3.8, 4) is 0 Å². The summed E-state index contributed by atoms with van der Waals surface area (Å²) in [6.45, 7) is 0. The molecule has 0 aliphatic rings. The lowest BCUT2D eigenvalue weighted by atomic mass is 10.2. The summed E-state index contributed by atoms with van der Waals surface area (Å²) in [6.07, 6.45) is 0.325. The Kier molecular flexibility index (Phi) is 3.29. The zero-order chi connectivity index (χ0) is 12.4. The van der Waals surface area contributed by atoms with Crippen molar-refractivity contribution in [1.29, 1.82) is 0 Å². The van der Waals surface area contributed by atoms with Gasteiger partial charge < -0.3 is 4.90 Å². The number of halogens is 1. The summed E-state index contributed by atoms with van der Waals surface area (Å²) in [7, 11) is 3.48. The fourth-order valence-corrected chi connectivity index (χ4v) is 1.73. The lowest BCUT2D eigenvalue weighted by molar-refractivity contribution is -0.128. The molecule has 1 aromatic carbocycles. The first-order valence-corrected chi connectivity index (χ1v) is 5.69. The van der Waals surface area contributed by atoms with E-state index in [0.717, 1.165) is 16.6 Å². The summed E-state index contributed by atoms with van der Waals surface area (Å²) in [5.41, 5.74) is 1.64. The lowest BCUT2D eigenvalue weighted by Crippen LogP contribution is -2.23. The van der Waals surface area contributed by atoms with Crippen LogP contribution in [0.15, 0.2) is 30.3 Å². The molecule has 0 bridgehead atoms. The third-order valence-corrected chi connectivity index (χ3v) is 2.78. The van der Waals surface area contributed by atoms with Gasteiger partial charge in [-0.2, -0.15) is 0 Å². The largest absolute Gasteiger partial charge is 0.348 e. The second kappa shape index (κ2) is 4.72. The molecule has 0 saturated heterocycles. The maximum atomic E-state index is 11.6. The van der Waals surface area contributed by atoms with Gasteiger partial charge in [-0.15, -0.1) is 0 Å². The molecule has 0 aliphatic carbocycles. The molecular formula is C13H13ClN2O. The highest BCUT2D eigenvalue weighted by Gasteiger charge is 2.07. The predicted molar refractivity (Wildman–Crippen MR) is 69.2 cm³/mol. The van der Waals surface area contributed by atoms with Crippen LogP contribution in [0.5, 0.6) is 0 Å². The fraction of sp³-hybridized carbons (Fsp3) is 0.231. The van der Waals surface area contributed by atoms with Crippen LogP contribution in [0, 0.1) is 0 Å². The molecule has 17 heavy (non-hydrogen) atoms. The first kappa shape index (κ1) is 11.9. The van der Waals surface area contributed by atoms with Crippen molar-refractivity contribution in [3.05, 3.63) is 41.0 Å². The van der Waals surface area contributed by atoms with Gasteiger partial charge in [0.15, 0.2) is 0 Å². The van der Waals surface area contributed by atoms with Crippen molar-refractivity contribution >= 4 is 28.4 Å². The van der Waals surface area contributed by atoms with E-state index in [9.17, 15) is 4.79 Å². The Bertz CT molecular complexity index is 566. The molecule has 0 fully saturated rings. The number of aromatic nitrogens is 1. The maximum Gasteiger partial charge on any atom is 0.228 e. The van der Waals surface area contributed by atoms with Gasteiger partial charge in [-0.3, -0.25) is 9.78 Å². The SMILES string of the molecule is CN(C)C(=O)Cc1ccc2cc(Cl)ccc2n1. The molecule has 0 N–H and O–H groups in total. The fourth-order valence-electron chi connectivity index (χ4n) is 1.55. The molecule has 2 aromatic rings. The van der Waals surface area contributed by atoms with E-state index in [1.54, 1.807) is 25.1 Å². The molecule has 0 radical (unpaired) electrons. The zero-order valence-corrected chi connectivity index (χ0v) is 10.5. The minimum atomic E-state index is 0.0470. The molecule has 0 spiro atoms. The molecule has 4 heteroatoms. The number of fused-ring (bicyclic) bond motifs is 1. The molecule has 88 valence electrons. The number of rotatable bonds is 2. The highest BCUT2D eigenvalue weighted by molar-refractivity contribution is 6.31. The van der Waals surface area contributed by atoms with Gasteiger partial charge in [-0.25, -0.2) is 0 Å². The van der Waals surface area contributed by atoms with Gasteiger partial charge in [-0.05, 0) is 24.3 Å². The molecule has 0 saturated carbocycles. The molecule has 1 amide bonds. The number of hydrogen-bond donors (Lipinski definition) is 0. The molecule has 3 nitrogen and oxygen atoms in total. The molecule has 0 atom stereocenters. The summed E-state index contributed by atoms with van der Waals surface area (Å²) in [6, 6.07) is 9.32. The Morgan fingerprint density at radius 3 is 2.76 bits per heavy atom. The Balaban J connectivity index is 2.32. The summed E-state index contributed by atoms with van der Waals surface area (Å²) in [4.78, 5) is 17.6. The van der Waals surface area contributed by atoms with Crippen molar-refractivity contribution < 1.29 is 4.79 Å². The lowest BCUT2D eigenvalue weighted by Gasteiger charge is -2.09. The first-order chi connectivity index (χ1) is 8.06. The van der Waals surface area contributed by atoms with Crippen LogP contribution in [0.1, 0.15) is 5.69 Å². The van der Waals surface area contributed by atoms with Crippen LogP contribution < -0.4 is 0 Å². The number of nitrogens with zero attached hydrogens (tertiary/aromatic N) is 2. The van der Waals surface area contributed by atoms with Crippen molar-refractivity contribution in [1.82, 2.24) is 9.88 Å². The quantitative estimate of drug-likeness (QED) is 0.818. The highest BCUT2D eigenvalue weighted by atomic mass is 35.5. The van der Waals surface area contributed by atoms with Gasteiger partial charge >= 0.3 is 0 Å². The molecule has 0 aliphatic heterocycles. The van der Waals surface area contributed by atoms with E-state index < -0.39 is 0 Å². The number of amides is 1. The van der Waals surface area contributed by atoms with E-state index in [-0.39, 0.29) is 5.91 Å². The second-order valence-corrected chi connectivity index (χ2v) is 4.54. The van der Waals surface area contributed by atoms with Crippen LogP contribution in [-0.4, -0.2) is 29.9 Å². The van der Waals surface area contributed by atoms with Crippen molar-refractivity contribution in [2.24, 2.45) is 0 Å². The average molecular weight is 249 g/mol. The van der Waals surface area contributed by atoms with E-state index in [1.807, 2.05) is 24.3 Å². The molecule has 1 aromatic heterocycles.